The minimum atomic E-state index is 0. The van der Waals surface area contributed by atoms with Crippen molar-refractivity contribution in [2.45, 2.75) is 74.8 Å². The predicted octanol–water partition coefficient (Wildman–Crippen LogP) is 20.9. The monoisotopic (exact) mass is 1910 g/mol. The van der Waals surface area contributed by atoms with E-state index in [1.54, 1.807) is 120 Å². The fourth-order valence-corrected chi connectivity index (χ4v) is 16.4. The van der Waals surface area contributed by atoms with Crippen LogP contribution >= 0.6 is 46.4 Å². The Balaban J connectivity index is 0.000000172. The Bertz CT molecular complexity index is 6630. The zero-order valence-corrected chi connectivity index (χ0v) is 81.1. The fourth-order valence-electron chi connectivity index (χ4n) is 15.0. The molecule has 0 aliphatic carbocycles. The Morgan fingerprint density at radius 1 is 0.378 bits per heavy atom. The fraction of sp³-hybridized carbons (Fsp3) is 0.320. The van der Waals surface area contributed by atoms with E-state index in [2.05, 4.69) is 112 Å². The van der Waals surface area contributed by atoms with Gasteiger partial charge in [0.1, 0.15) is 66.1 Å². The molecule has 16 aromatic rings. The molecular formula is C100H118Cl4N22O9. The average molecular weight is 1910 g/mol. The molecule has 0 radical (unpaired) electrons. The molecule has 710 valence electrons. The number of nitrogens with zero attached hydrogens (tertiary/aromatic N) is 21. The molecule has 0 amide bonds. The Morgan fingerprint density at radius 3 is 1.05 bits per heavy atom. The summed E-state index contributed by atoms with van der Waals surface area (Å²) in [6.45, 7) is 14.9. The lowest BCUT2D eigenvalue weighted by atomic mass is 10.1. The number of fused-ring (bicyclic) bond motifs is 4. The van der Waals surface area contributed by atoms with Crippen molar-refractivity contribution in [3.05, 3.63) is 215 Å². The molecule has 0 aliphatic rings. The van der Waals surface area contributed by atoms with E-state index < -0.39 is 0 Å². The van der Waals surface area contributed by atoms with E-state index in [0.29, 0.717) is 86.6 Å². The lowest BCUT2D eigenvalue weighted by Crippen LogP contribution is -2.33. The minimum absolute atomic E-state index is 0. The highest BCUT2D eigenvalue weighted by Crippen LogP contribution is 2.51. The van der Waals surface area contributed by atoms with Gasteiger partial charge in [-0.1, -0.05) is 89.0 Å². The number of nitrogens with one attached hydrogen (secondary N) is 1. The third-order valence-electron chi connectivity index (χ3n) is 22.0. The van der Waals surface area contributed by atoms with Gasteiger partial charge < -0.3 is 72.8 Å². The van der Waals surface area contributed by atoms with E-state index in [-0.39, 0.29) is 21.5 Å². The number of anilines is 8. The topological polar surface area (TPSA) is 297 Å². The SMILES string of the molecule is C.C.CCCN(c1cc(OC)cc(OC)c1)c1ccc2ncc(-c3cnn(C)c3C)nc2c1.CCCN(c1cc(OC)cc(OC)c1)c1ccc2ncc(-c3cnn(C)c3CCO)nc2c1.COc1cc(OC)c(Cl)c(N(CCN(C)C)c2ccc3ncc(-c4cnn(C)c4)nc3c2)c1Cl.COc1cc(OC)c(Cl)c(N(CCNC(C)C)c2ccc3ncc(-c4cnn(C)c4)nc3c2)c1Cl. The maximum atomic E-state index is 9.44. The molecule has 135 heavy (non-hydrogen) atoms. The molecule has 0 saturated heterocycles. The largest absolute Gasteiger partial charge is 0.497 e. The maximum absolute atomic E-state index is 9.44. The van der Waals surface area contributed by atoms with Gasteiger partial charge in [-0.2, -0.15) is 20.4 Å². The Kier molecular flexibility index (Phi) is 35.5. The number of benzene rings is 8. The van der Waals surface area contributed by atoms with Gasteiger partial charge in [-0.25, -0.2) is 19.9 Å². The van der Waals surface area contributed by atoms with Gasteiger partial charge in [-0.3, -0.25) is 38.7 Å². The summed E-state index contributed by atoms with van der Waals surface area (Å²) in [5.41, 5.74) is 22.0. The first-order chi connectivity index (χ1) is 64.2. The van der Waals surface area contributed by atoms with Crippen LogP contribution < -0.4 is 62.8 Å². The van der Waals surface area contributed by atoms with E-state index in [9.17, 15) is 5.11 Å². The molecule has 0 fully saturated rings. The third-order valence-corrected chi connectivity index (χ3v) is 23.5. The normalized spacial score (nSPS) is 11.0. The van der Waals surface area contributed by atoms with Crippen LogP contribution in [-0.2, 0) is 34.6 Å². The lowest BCUT2D eigenvalue weighted by molar-refractivity contribution is 0.296. The van der Waals surface area contributed by atoms with Crippen molar-refractivity contribution in [3.63, 3.8) is 0 Å². The molecule has 8 heterocycles. The van der Waals surface area contributed by atoms with Crippen molar-refractivity contribution >= 4 is 136 Å². The summed E-state index contributed by atoms with van der Waals surface area (Å²) in [5.74, 6) is 4.89. The molecule has 0 bridgehead atoms. The first kappa shape index (κ1) is 102. The second-order valence-electron chi connectivity index (χ2n) is 31.6. The summed E-state index contributed by atoms with van der Waals surface area (Å²) in [6.07, 6.45) is 20.5. The second kappa shape index (κ2) is 47.0. The van der Waals surface area contributed by atoms with Gasteiger partial charge in [0.05, 0.1) is 185 Å². The highest BCUT2D eigenvalue weighted by Gasteiger charge is 2.28. The van der Waals surface area contributed by atoms with Crippen molar-refractivity contribution in [1.82, 2.24) is 89.2 Å². The van der Waals surface area contributed by atoms with Crippen molar-refractivity contribution < 1.29 is 43.0 Å². The van der Waals surface area contributed by atoms with E-state index >= 15 is 0 Å². The molecule has 0 aliphatic heterocycles. The van der Waals surface area contributed by atoms with Crippen LogP contribution in [-0.4, -0.2) is 212 Å². The molecule has 35 heteroatoms. The van der Waals surface area contributed by atoms with Gasteiger partial charge in [0, 0.05) is 215 Å². The molecule has 8 aromatic carbocycles. The summed E-state index contributed by atoms with van der Waals surface area (Å²) < 4.78 is 51.0. The Morgan fingerprint density at radius 2 is 0.726 bits per heavy atom. The summed E-state index contributed by atoms with van der Waals surface area (Å²) in [4.78, 5) is 48.5. The Hall–Kier alpha value is -13.4. The number of hydrogen-bond acceptors (Lipinski definition) is 27. The van der Waals surface area contributed by atoms with Crippen LogP contribution in [0.15, 0.2) is 183 Å². The van der Waals surface area contributed by atoms with Gasteiger partial charge in [0.15, 0.2) is 0 Å². The van der Waals surface area contributed by atoms with E-state index in [1.807, 2.05) is 173 Å². The van der Waals surface area contributed by atoms with Crippen LogP contribution in [0, 0.1) is 6.92 Å². The smallest absolute Gasteiger partial charge is 0.143 e. The van der Waals surface area contributed by atoms with Crippen molar-refractivity contribution in [3.8, 4) is 91.0 Å². The standard InChI is InChI=1S/C25H28Cl2N6O2.C25H29N5O3.C24H26Cl2N6O2.C24H27N5O2.2CH4/c1-15(2)28-8-9-33(25-23(26)21(34-4)11-22(35-5)24(25)27)17-6-7-18-19(10-17)31-20(13-29-18)16-12-30-32(3)14-16;1-5-9-30(18-11-19(32-3)14-20(12-18)33-4)17-6-7-22-23(13-17)28-24(16-26-22)21-15-27-29(2)25(21)8-10-31;1-30(2)8-9-32(24-22(25)20(33-4)11-21(34-5)23(24)26)16-6-7-17-18(10-16)29-19(13-27-17)15-12-28-31(3)14-15;1-6-9-29(18-10-19(30-4)13-20(11-18)31-5)17-7-8-22-23(12-17)27-24(15-25-22)21-14-26-28(3)16(21)2;;/h6-7,10-15,28H,8-9H2,1-5H3;6-7,11-16,31H,5,8-10H2,1-4H3;6-7,10-14H,8-9H2,1-5H3;7-8,10-15H,6,9H2,1-5H3;2*1H4. The van der Waals surface area contributed by atoms with Gasteiger partial charge >= 0.3 is 0 Å². The lowest BCUT2D eigenvalue weighted by Gasteiger charge is -2.29. The van der Waals surface area contributed by atoms with Gasteiger partial charge in [0.25, 0.3) is 0 Å². The molecule has 8 aromatic heterocycles. The van der Waals surface area contributed by atoms with Crippen LogP contribution in [0.3, 0.4) is 0 Å². The molecule has 2 N–H and O–H groups in total. The number of likely N-dealkylation sites (N-methyl/N-ethyl adjacent to an activating group) is 1. The highest BCUT2D eigenvalue weighted by atomic mass is 35.5. The van der Waals surface area contributed by atoms with E-state index in [0.717, 1.165) is 190 Å². The van der Waals surface area contributed by atoms with Crippen molar-refractivity contribution in [2.75, 3.05) is 136 Å². The number of hydrogen-bond donors (Lipinski definition) is 2. The number of rotatable bonds is 33. The number of ether oxygens (including phenoxy) is 8. The van der Waals surface area contributed by atoms with Gasteiger partial charge in [0.2, 0.25) is 0 Å². The van der Waals surface area contributed by atoms with Crippen LogP contribution in [0.4, 0.5) is 45.5 Å². The Labute approximate surface area is 808 Å². The van der Waals surface area contributed by atoms with Crippen LogP contribution in [0.2, 0.25) is 20.1 Å². The van der Waals surface area contributed by atoms with Gasteiger partial charge in [-0.05, 0) is 107 Å². The maximum Gasteiger partial charge on any atom is 0.143 e. The quantitative estimate of drug-likeness (QED) is 0.0386. The summed E-state index contributed by atoms with van der Waals surface area (Å²) in [7, 11) is 24.4. The van der Waals surface area contributed by atoms with Crippen LogP contribution in [0.5, 0.6) is 46.0 Å². The number of aryl methyl sites for hydroxylation is 4. The minimum Gasteiger partial charge on any atom is -0.497 e. The molecule has 0 atom stereocenters. The molecule has 16 rings (SSSR count). The molecule has 0 spiro atoms. The number of methoxy groups -OCH3 is 8. The first-order valence-corrected chi connectivity index (χ1v) is 44.6. The molecule has 0 unspecified atom stereocenters. The molecular weight excluding hydrogens is 1800 g/mol. The summed E-state index contributed by atoms with van der Waals surface area (Å²) in [6, 6.07) is 39.5. The third kappa shape index (κ3) is 23.9. The van der Waals surface area contributed by atoms with Crippen molar-refractivity contribution in [2.24, 2.45) is 28.2 Å². The second-order valence-corrected chi connectivity index (χ2v) is 33.1. The zero-order chi connectivity index (χ0) is 94.8. The van der Waals surface area contributed by atoms with Gasteiger partial charge in [-0.15, -0.1) is 0 Å². The zero-order valence-electron chi connectivity index (χ0n) is 78.1. The van der Waals surface area contributed by atoms with E-state index in [1.165, 1.54) is 0 Å². The van der Waals surface area contributed by atoms with Crippen LogP contribution in [0.25, 0.3) is 89.2 Å². The molecule has 0 saturated carbocycles. The number of halogens is 4. The highest BCUT2D eigenvalue weighted by molar-refractivity contribution is 6.42. The number of aliphatic hydroxyl groups excluding tert-OH is 1. The summed E-state index contributed by atoms with van der Waals surface area (Å²) in [5, 5.41) is 31.6. The summed E-state index contributed by atoms with van der Waals surface area (Å²) >= 11 is 27.1. The van der Waals surface area contributed by atoms with Crippen LogP contribution in [0.1, 0.15) is 66.8 Å². The average Bonchev–Trinajstić information content (AvgIpc) is 1.18. The van der Waals surface area contributed by atoms with E-state index in [4.69, 9.17) is 104 Å². The number of aliphatic hydroxyl groups is 1. The first-order valence-electron chi connectivity index (χ1n) is 43.1. The predicted molar refractivity (Wildman–Crippen MR) is 544 cm³/mol. The van der Waals surface area contributed by atoms with Crippen molar-refractivity contribution in [1.29, 1.82) is 0 Å². The number of aromatic nitrogens is 16. The molecule has 31 nitrogen and oxygen atoms in total.